The summed E-state index contributed by atoms with van der Waals surface area (Å²) in [5.41, 5.74) is 2.36. The van der Waals surface area contributed by atoms with Crippen LogP contribution in [0, 0.1) is 18.6 Å². The first-order valence-electron chi connectivity index (χ1n) is 9.08. The number of rotatable bonds is 5. The average molecular weight is 439 g/mol. The molecule has 156 valence electrons. The lowest BCUT2D eigenvalue weighted by Crippen LogP contribution is -2.15. The second-order valence-corrected chi connectivity index (χ2v) is 7.44. The van der Waals surface area contributed by atoms with Gasteiger partial charge < -0.3 is 9.73 Å². The van der Waals surface area contributed by atoms with Crippen LogP contribution in [-0.4, -0.2) is 16.8 Å². The van der Waals surface area contributed by atoms with Crippen molar-refractivity contribution in [3.63, 3.8) is 0 Å². The minimum absolute atomic E-state index is 0.154. The minimum Gasteiger partial charge on any atom is -0.459 e. The Morgan fingerprint density at radius 2 is 1.84 bits per heavy atom. The molecule has 0 fully saturated rings. The Bertz CT molecular complexity index is 1270. The zero-order valence-electron chi connectivity index (χ0n) is 16.1. The molecule has 2 heterocycles. The highest BCUT2D eigenvalue weighted by molar-refractivity contribution is 7.14. The Morgan fingerprint density at radius 3 is 2.58 bits per heavy atom. The van der Waals surface area contributed by atoms with E-state index in [1.165, 1.54) is 18.4 Å². The molecule has 0 saturated heterocycles. The van der Waals surface area contributed by atoms with Crippen LogP contribution in [0.2, 0.25) is 0 Å². The van der Waals surface area contributed by atoms with Gasteiger partial charge in [-0.3, -0.25) is 14.9 Å². The van der Waals surface area contributed by atoms with Gasteiger partial charge in [-0.1, -0.05) is 6.07 Å². The van der Waals surface area contributed by atoms with E-state index >= 15 is 0 Å². The van der Waals surface area contributed by atoms with Crippen LogP contribution in [0.5, 0.6) is 0 Å². The van der Waals surface area contributed by atoms with Crippen LogP contribution in [0.3, 0.4) is 0 Å². The van der Waals surface area contributed by atoms with Gasteiger partial charge in [-0.25, -0.2) is 13.8 Å². The molecule has 0 aliphatic heterocycles. The van der Waals surface area contributed by atoms with E-state index in [-0.39, 0.29) is 5.76 Å². The normalized spacial score (nSPS) is 10.7. The molecule has 4 rings (SSSR count). The predicted octanol–water partition coefficient (Wildman–Crippen LogP) is 5.49. The third kappa shape index (κ3) is 4.51. The first kappa shape index (κ1) is 20.4. The molecule has 31 heavy (non-hydrogen) atoms. The number of hydrogen-bond acceptors (Lipinski definition) is 5. The average Bonchev–Trinajstić information content (AvgIpc) is 3.44. The number of aromatic nitrogens is 1. The molecule has 0 aliphatic rings. The summed E-state index contributed by atoms with van der Waals surface area (Å²) in [6.07, 6.45) is 1.40. The number of halogens is 2. The highest BCUT2D eigenvalue weighted by Gasteiger charge is 2.15. The summed E-state index contributed by atoms with van der Waals surface area (Å²) >= 11 is 1.15. The second kappa shape index (κ2) is 8.49. The van der Waals surface area contributed by atoms with Crippen molar-refractivity contribution < 1.29 is 22.8 Å². The van der Waals surface area contributed by atoms with Gasteiger partial charge in [0, 0.05) is 22.2 Å². The van der Waals surface area contributed by atoms with Crippen molar-refractivity contribution in [3.05, 3.63) is 88.7 Å². The van der Waals surface area contributed by atoms with Gasteiger partial charge in [-0.05, 0) is 55.0 Å². The van der Waals surface area contributed by atoms with Crippen molar-refractivity contribution in [1.29, 1.82) is 0 Å². The SMILES string of the molecule is Cc1ccc(C(=O)Nc2nc(-c3ccc(F)c(F)c3)cs2)cc1NC(=O)c1ccco1. The highest BCUT2D eigenvalue weighted by Crippen LogP contribution is 2.27. The maximum absolute atomic E-state index is 13.4. The largest absolute Gasteiger partial charge is 0.459 e. The second-order valence-electron chi connectivity index (χ2n) is 6.58. The fourth-order valence-corrected chi connectivity index (χ4v) is 3.49. The van der Waals surface area contributed by atoms with Crippen LogP contribution in [0.4, 0.5) is 19.6 Å². The van der Waals surface area contributed by atoms with Gasteiger partial charge in [0.25, 0.3) is 11.8 Å². The summed E-state index contributed by atoms with van der Waals surface area (Å²) in [5, 5.41) is 7.32. The number of anilines is 2. The lowest BCUT2D eigenvalue weighted by Gasteiger charge is -2.09. The molecular weight excluding hydrogens is 424 g/mol. The number of carbonyl (C=O) groups is 2. The number of nitrogens with zero attached hydrogens (tertiary/aromatic N) is 1. The Labute approximate surface area is 179 Å². The molecule has 0 unspecified atom stereocenters. The molecule has 0 saturated carbocycles. The standard InChI is InChI=1S/C22H15F2N3O3S/c1-12-4-5-14(10-17(12)25-21(29)19-3-2-8-30-19)20(28)27-22-26-18(11-31-22)13-6-7-15(23)16(24)9-13/h2-11H,1H3,(H,25,29)(H,26,27,28). The smallest absolute Gasteiger partial charge is 0.291 e. The van der Waals surface area contributed by atoms with Crippen molar-refractivity contribution in [2.24, 2.45) is 0 Å². The van der Waals surface area contributed by atoms with Crippen LogP contribution >= 0.6 is 11.3 Å². The Kier molecular flexibility index (Phi) is 5.59. The molecule has 2 aromatic heterocycles. The third-order valence-electron chi connectivity index (χ3n) is 4.43. The number of benzene rings is 2. The quantitative estimate of drug-likeness (QED) is 0.430. The molecular formula is C22H15F2N3O3S. The monoisotopic (exact) mass is 439 g/mol. The van der Waals surface area contributed by atoms with E-state index < -0.39 is 23.4 Å². The molecule has 0 spiro atoms. The Hall–Kier alpha value is -3.85. The molecule has 6 nitrogen and oxygen atoms in total. The molecule has 9 heteroatoms. The maximum atomic E-state index is 13.4. The summed E-state index contributed by atoms with van der Waals surface area (Å²) in [6.45, 7) is 1.80. The summed E-state index contributed by atoms with van der Waals surface area (Å²) in [7, 11) is 0. The number of nitrogens with one attached hydrogen (secondary N) is 2. The maximum Gasteiger partial charge on any atom is 0.291 e. The Morgan fingerprint density at radius 1 is 1.00 bits per heavy atom. The van der Waals surface area contributed by atoms with Crippen molar-refractivity contribution in [1.82, 2.24) is 4.98 Å². The van der Waals surface area contributed by atoms with Crippen molar-refractivity contribution in [2.45, 2.75) is 6.92 Å². The van der Waals surface area contributed by atoms with Crippen molar-refractivity contribution >= 4 is 34.0 Å². The molecule has 2 amide bonds. The number of hydrogen-bond donors (Lipinski definition) is 2. The summed E-state index contributed by atoms with van der Waals surface area (Å²) in [6, 6.07) is 11.5. The molecule has 0 atom stereocenters. The van der Waals surface area contributed by atoms with Crippen LogP contribution in [-0.2, 0) is 0 Å². The molecule has 4 aromatic rings. The molecule has 2 N–H and O–H groups in total. The fourth-order valence-electron chi connectivity index (χ4n) is 2.78. The summed E-state index contributed by atoms with van der Waals surface area (Å²) in [5.74, 6) is -2.62. The van der Waals surface area contributed by atoms with E-state index in [1.54, 1.807) is 36.6 Å². The number of aryl methyl sites for hydroxylation is 1. The summed E-state index contributed by atoms with van der Waals surface area (Å²) < 4.78 is 31.6. The van der Waals surface area contributed by atoms with Crippen molar-refractivity contribution in [2.75, 3.05) is 10.6 Å². The van der Waals surface area contributed by atoms with Crippen molar-refractivity contribution in [3.8, 4) is 11.3 Å². The van der Waals surface area contributed by atoms with Crippen LogP contribution in [0.1, 0.15) is 26.5 Å². The van der Waals surface area contributed by atoms with Crippen LogP contribution in [0.15, 0.2) is 64.6 Å². The number of carbonyl (C=O) groups excluding carboxylic acids is 2. The van der Waals surface area contributed by atoms with E-state index in [2.05, 4.69) is 15.6 Å². The van der Waals surface area contributed by atoms with E-state index in [1.807, 2.05) is 0 Å². The molecule has 0 aliphatic carbocycles. The lowest BCUT2D eigenvalue weighted by atomic mass is 10.1. The van der Waals surface area contributed by atoms with Crippen LogP contribution < -0.4 is 10.6 Å². The van der Waals surface area contributed by atoms with Gasteiger partial charge in [-0.2, -0.15) is 0 Å². The van der Waals surface area contributed by atoms with Gasteiger partial charge >= 0.3 is 0 Å². The van der Waals surface area contributed by atoms with Gasteiger partial charge in [0.2, 0.25) is 0 Å². The number of thiazole rings is 1. The van der Waals surface area contributed by atoms with Crippen LogP contribution in [0.25, 0.3) is 11.3 Å². The lowest BCUT2D eigenvalue weighted by molar-refractivity contribution is 0.0993. The van der Waals surface area contributed by atoms with E-state index in [9.17, 15) is 18.4 Å². The zero-order chi connectivity index (χ0) is 22.0. The number of amides is 2. The van der Waals surface area contributed by atoms with Gasteiger partial charge in [0.05, 0.1) is 12.0 Å². The predicted molar refractivity (Wildman–Crippen MR) is 113 cm³/mol. The Balaban J connectivity index is 1.49. The molecule has 2 aromatic carbocycles. The van der Waals surface area contributed by atoms with E-state index in [0.29, 0.717) is 27.6 Å². The molecule has 0 radical (unpaired) electrons. The topological polar surface area (TPSA) is 84.2 Å². The fraction of sp³-hybridized carbons (Fsp3) is 0.0455. The van der Waals surface area contributed by atoms with Gasteiger partial charge in [0.15, 0.2) is 22.5 Å². The third-order valence-corrected chi connectivity index (χ3v) is 5.19. The first-order valence-corrected chi connectivity index (χ1v) is 9.96. The van der Waals surface area contributed by atoms with E-state index in [4.69, 9.17) is 4.42 Å². The first-order chi connectivity index (χ1) is 14.9. The summed E-state index contributed by atoms with van der Waals surface area (Å²) in [4.78, 5) is 29.1. The highest BCUT2D eigenvalue weighted by atomic mass is 32.1. The van der Waals surface area contributed by atoms with E-state index in [0.717, 1.165) is 29.0 Å². The molecule has 0 bridgehead atoms. The minimum atomic E-state index is -0.972. The van der Waals surface area contributed by atoms with Gasteiger partial charge in [0.1, 0.15) is 0 Å². The zero-order valence-corrected chi connectivity index (χ0v) is 16.9. The van der Waals surface area contributed by atoms with Gasteiger partial charge in [-0.15, -0.1) is 11.3 Å². The number of furan rings is 1.